The molecule has 2 saturated carbocycles. The van der Waals surface area contributed by atoms with Crippen LogP contribution in [0.5, 0.6) is 5.19 Å². The summed E-state index contributed by atoms with van der Waals surface area (Å²) in [6.07, 6.45) is 7.97. The van der Waals surface area contributed by atoms with Crippen LogP contribution in [0.1, 0.15) is 64.7 Å². The Kier molecular flexibility index (Phi) is 8.89. The number of ether oxygens (including phenoxy) is 1. The number of hydrogen-bond acceptors (Lipinski definition) is 9. The highest BCUT2D eigenvalue weighted by Gasteiger charge is 2.63. The first-order valence-corrected chi connectivity index (χ1v) is 19.2. The molecule has 3 aromatic rings. The average molecular weight is 710 g/mol. The fraction of sp³-hybridized carbons (Fsp3) is 0.486. The van der Waals surface area contributed by atoms with Crippen molar-refractivity contribution in [3.05, 3.63) is 66.5 Å². The van der Waals surface area contributed by atoms with Gasteiger partial charge in [-0.3, -0.25) is 19.1 Å². The lowest BCUT2D eigenvalue weighted by Crippen LogP contribution is -2.58. The Bertz CT molecular complexity index is 1880. The zero-order chi connectivity index (χ0) is 34.4. The van der Waals surface area contributed by atoms with Crippen molar-refractivity contribution >= 4 is 55.0 Å². The molecule has 7 rings (SSSR count). The van der Waals surface area contributed by atoms with Crippen LogP contribution in [0.15, 0.2) is 60.7 Å². The number of hydrogen-bond donors (Lipinski definition) is 3. The Morgan fingerprint density at radius 3 is 2.65 bits per heavy atom. The minimum atomic E-state index is -3.96. The van der Waals surface area contributed by atoms with E-state index in [1.807, 2.05) is 36.4 Å². The highest BCUT2D eigenvalue weighted by atomic mass is 32.2. The van der Waals surface area contributed by atoms with Crippen LogP contribution < -0.4 is 20.1 Å². The largest absolute Gasteiger partial charge is 0.465 e. The van der Waals surface area contributed by atoms with Gasteiger partial charge in [-0.2, -0.15) is 0 Å². The summed E-state index contributed by atoms with van der Waals surface area (Å²) >= 11 is 1.36. The van der Waals surface area contributed by atoms with Crippen LogP contribution in [-0.2, 0) is 24.4 Å². The Balaban J connectivity index is 1.19. The summed E-state index contributed by atoms with van der Waals surface area (Å²) in [6.45, 7) is 1.66. The van der Waals surface area contributed by atoms with Crippen molar-refractivity contribution in [3.8, 4) is 5.19 Å². The Labute approximate surface area is 288 Å². The van der Waals surface area contributed by atoms with Crippen molar-refractivity contribution < 1.29 is 31.9 Å². The number of nitrogens with one attached hydrogen (secondary N) is 3. The van der Waals surface area contributed by atoms with Gasteiger partial charge < -0.3 is 20.3 Å². The lowest BCUT2D eigenvalue weighted by molar-refractivity contribution is -0.140. The van der Waals surface area contributed by atoms with Gasteiger partial charge >= 0.3 is 0 Å². The molecule has 49 heavy (non-hydrogen) atoms. The second kappa shape index (κ2) is 13.0. The van der Waals surface area contributed by atoms with Crippen LogP contribution in [0.2, 0.25) is 0 Å². The number of allylic oxidation sites excluding steroid dienone is 1. The van der Waals surface area contributed by atoms with Crippen molar-refractivity contribution in [3.63, 3.8) is 0 Å². The van der Waals surface area contributed by atoms with Gasteiger partial charge in [-0.05, 0) is 69.7 Å². The lowest BCUT2D eigenvalue weighted by Gasteiger charge is -2.30. The summed E-state index contributed by atoms with van der Waals surface area (Å²) < 4.78 is 49.4. The van der Waals surface area contributed by atoms with Gasteiger partial charge in [-0.1, -0.05) is 60.6 Å². The maximum atomic E-state index is 14.8. The van der Waals surface area contributed by atoms with Gasteiger partial charge in [-0.15, -0.1) is 0 Å². The minimum absolute atomic E-state index is 0.0670. The van der Waals surface area contributed by atoms with Crippen molar-refractivity contribution in [2.45, 2.75) is 93.2 Å². The molecule has 0 unspecified atom stereocenters. The Morgan fingerprint density at radius 2 is 1.88 bits per heavy atom. The molecule has 3 amide bonds. The fourth-order valence-corrected chi connectivity index (χ4v) is 8.95. The third-order valence-electron chi connectivity index (χ3n) is 10.2. The number of rotatable bonds is 7. The number of thiazole rings is 1. The summed E-state index contributed by atoms with van der Waals surface area (Å²) in [6, 6.07) is 11.9. The number of anilines is 1. The summed E-state index contributed by atoms with van der Waals surface area (Å²) in [5.74, 6) is -2.64. The van der Waals surface area contributed by atoms with Gasteiger partial charge in [0, 0.05) is 12.3 Å². The van der Waals surface area contributed by atoms with Crippen LogP contribution in [0.4, 0.5) is 10.1 Å². The zero-order valence-electron chi connectivity index (χ0n) is 27.2. The normalized spacial score (nSPS) is 28.4. The summed E-state index contributed by atoms with van der Waals surface area (Å²) in [7, 11) is -3.96. The highest BCUT2D eigenvalue weighted by molar-refractivity contribution is 7.91. The number of aromatic nitrogens is 1. The fourth-order valence-electron chi connectivity index (χ4n) is 6.76. The van der Waals surface area contributed by atoms with Gasteiger partial charge in [-0.25, -0.2) is 17.8 Å². The topological polar surface area (TPSA) is 147 Å². The molecule has 0 radical (unpaired) electrons. The molecule has 1 aromatic heterocycles. The maximum absolute atomic E-state index is 14.8. The molecule has 0 bridgehead atoms. The lowest BCUT2D eigenvalue weighted by atomic mass is 10.0. The van der Waals surface area contributed by atoms with E-state index in [-0.39, 0.29) is 31.0 Å². The Hall–Kier alpha value is -4.04. The van der Waals surface area contributed by atoms with Gasteiger partial charge in [0.2, 0.25) is 21.8 Å². The van der Waals surface area contributed by atoms with Gasteiger partial charge in [0.05, 0.1) is 27.2 Å². The molecule has 2 aromatic carbocycles. The SMILES string of the molecule is CC1(S(=O)(=O)NC(=O)[C@@]23C[C@H]2C=CCCCCC[C@H](Nc2ccccc2F)C(=O)N2C[C@H](Oc4nc5ccccc5s4)C[C@H]2C(=O)N3)CC1. The molecule has 3 fully saturated rings. The summed E-state index contributed by atoms with van der Waals surface area (Å²) in [5.41, 5.74) is -0.516. The molecule has 2 aliphatic heterocycles. The summed E-state index contributed by atoms with van der Waals surface area (Å²) in [5, 5.41) is 6.40. The van der Waals surface area contributed by atoms with E-state index < -0.39 is 62.0 Å². The first-order chi connectivity index (χ1) is 23.5. The monoisotopic (exact) mass is 709 g/mol. The van der Waals surface area contributed by atoms with E-state index in [9.17, 15) is 27.2 Å². The Morgan fingerprint density at radius 1 is 1.10 bits per heavy atom. The average Bonchev–Trinajstić information content (AvgIpc) is 3.88. The van der Waals surface area contributed by atoms with E-state index in [1.54, 1.807) is 25.1 Å². The predicted molar refractivity (Wildman–Crippen MR) is 184 cm³/mol. The first-order valence-electron chi connectivity index (χ1n) is 16.9. The highest BCUT2D eigenvalue weighted by Crippen LogP contribution is 2.47. The second-order valence-corrected chi connectivity index (χ2v) is 17.0. The standard InChI is InChI=1S/C35H40FN5O6S2/c1-34(17-18-34)49(45,46)40-32(44)35-20-22(35)11-5-3-2-4-6-15-27(37-25-13-8-7-12-24(25)36)31(43)41-21-23(19-28(41)30(42)39-35)47-33-38-26-14-9-10-16-29(26)48-33/h5,7-14,16,22-23,27-28,37H,2-4,6,15,17-21H2,1H3,(H,39,42)(H,40,44)/t22-,23-,27+,28+,35-/m1/s1. The van der Waals surface area contributed by atoms with Crippen molar-refractivity contribution in [2.24, 2.45) is 5.92 Å². The molecule has 0 spiro atoms. The molecule has 1 saturated heterocycles. The van der Waals surface area contributed by atoms with Gasteiger partial charge in [0.25, 0.3) is 11.1 Å². The maximum Gasteiger partial charge on any atom is 0.274 e. The number of amides is 3. The molecule has 14 heteroatoms. The predicted octanol–water partition coefficient (Wildman–Crippen LogP) is 4.66. The number of sulfonamides is 1. The number of fused-ring (bicyclic) bond motifs is 3. The molecule has 4 aliphatic rings. The van der Waals surface area contributed by atoms with Crippen molar-refractivity contribution in [1.29, 1.82) is 0 Å². The number of carbonyl (C=O) groups excluding carboxylic acids is 3. The minimum Gasteiger partial charge on any atom is -0.465 e. The van der Waals surface area contributed by atoms with Crippen LogP contribution in [0, 0.1) is 11.7 Å². The first kappa shape index (κ1) is 33.5. The molecule has 2 aliphatic carbocycles. The molecule has 3 N–H and O–H groups in total. The molecule has 5 atom stereocenters. The van der Waals surface area contributed by atoms with Gasteiger partial charge in [0.1, 0.15) is 29.5 Å². The third-order valence-corrected chi connectivity index (χ3v) is 13.3. The van der Waals surface area contributed by atoms with E-state index in [4.69, 9.17) is 4.74 Å². The molecular weight excluding hydrogens is 670 g/mol. The number of para-hydroxylation sites is 2. The van der Waals surface area contributed by atoms with Crippen molar-refractivity contribution in [1.82, 2.24) is 19.9 Å². The molecule has 11 nitrogen and oxygen atoms in total. The van der Waals surface area contributed by atoms with E-state index in [1.165, 1.54) is 22.3 Å². The van der Waals surface area contributed by atoms with Crippen LogP contribution >= 0.6 is 11.3 Å². The molecule has 260 valence electrons. The van der Waals surface area contributed by atoms with Crippen LogP contribution in [-0.4, -0.2) is 71.0 Å². The van der Waals surface area contributed by atoms with E-state index in [2.05, 4.69) is 20.3 Å². The van der Waals surface area contributed by atoms with Crippen LogP contribution in [0.3, 0.4) is 0 Å². The molecule has 3 heterocycles. The number of carbonyl (C=O) groups is 3. The zero-order valence-corrected chi connectivity index (χ0v) is 28.8. The van der Waals surface area contributed by atoms with Crippen molar-refractivity contribution in [2.75, 3.05) is 11.9 Å². The van der Waals surface area contributed by atoms with E-state index in [0.29, 0.717) is 30.9 Å². The smallest absolute Gasteiger partial charge is 0.274 e. The van der Waals surface area contributed by atoms with Gasteiger partial charge in [0.15, 0.2) is 0 Å². The van der Waals surface area contributed by atoms with E-state index in [0.717, 1.165) is 29.5 Å². The number of benzene rings is 2. The number of halogens is 1. The quantitative estimate of drug-likeness (QED) is 0.301. The number of nitrogens with zero attached hydrogens (tertiary/aromatic N) is 2. The van der Waals surface area contributed by atoms with Crippen LogP contribution in [0.25, 0.3) is 10.2 Å². The third kappa shape index (κ3) is 6.77. The summed E-state index contributed by atoms with van der Waals surface area (Å²) in [4.78, 5) is 48.4. The second-order valence-electron chi connectivity index (χ2n) is 13.8. The van der Waals surface area contributed by atoms with E-state index >= 15 is 0 Å². The molecular formula is C35H40FN5O6S2.